The van der Waals surface area contributed by atoms with E-state index in [0.717, 1.165) is 34.1 Å². The molecule has 2 aromatic carbocycles. The lowest BCUT2D eigenvalue weighted by Crippen LogP contribution is -2.11. The van der Waals surface area contributed by atoms with Crippen LogP contribution < -0.4 is 10.1 Å². The second kappa shape index (κ2) is 7.49. The van der Waals surface area contributed by atoms with Crippen LogP contribution in [0.4, 0.5) is 5.69 Å². The summed E-state index contributed by atoms with van der Waals surface area (Å²) in [4.78, 5) is 17.8. The maximum atomic E-state index is 12.6. The largest absolute Gasteiger partial charge is 0.497 e. The standard InChI is InChI=1S/C20H20N2O2S/c1-4-14-5-7-15(8-6-14)20-21-13(2)18(25-20)19(23)22-16-9-11-17(24-3)12-10-16/h5-12H,4H2,1-3H3,(H,22,23). The van der Waals surface area contributed by atoms with Crippen LogP contribution in [0.1, 0.15) is 27.9 Å². The molecular formula is C20H20N2O2S. The first-order chi connectivity index (χ1) is 12.1. The second-order valence-corrected chi connectivity index (χ2v) is 6.67. The molecule has 0 aliphatic heterocycles. The molecule has 4 nitrogen and oxygen atoms in total. The summed E-state index contributed by atoms with van der Waals surface area (Å²) in [5.74, 6) is 0.612. The first-order valence-electron chi connectivity index (χ1n) is 8.13. The second-order valence-electron chi connectivity index (χ2n) is 5.67. The SMILES string of the molecule is CCc1ccc(-c2nc(C)c(C(=O)Nc3ccc(OC)cc3)s2)cc1. The quantitative estimate of drug-likeness (QED) is 0.707. The van der Waals surface area contributed by atoms with Gasteiger partial charge in [0.05, 0.1) is 12.8 Å². The maximum Gasteiger partial charge on any atom is 0.267 e. The van der Waals surface area contributed by atoms with Gasteiger partial charge in [-0.2, -0.15) is 0 Å². The van der Waals surface area contributed by atoms with Gasteiger partial charge in [0.2, 0.25) is 0 Å². The van der Waals surface area contributed by atoms with E-state index in [0.29, 0.717) is 4.88 Å². The molecule has 128 valence electrons. The lowest BCUT2D eigenvalue weighted by molar-refractivity contribution is 0.103. The average Bonchev–Trinajstić information content (AvgIpc) is 3.04. The van der Waals surface area contributed by atoms with Gasteiger partial charge < -0.3 is 10.1 Å². The number of aromatic nitrogens is 1. The number of methoxy groups -OCH3 is 1. The summed E-state index contributed by atoms with van der Waals surface area (Å²) in [6, 6.07) is 15.6. The van der Waals surface area contributed by atoms with E-state index in [4.69, 9.17) is 4.74 Å². The number of ether oxygens (including phenoxy) is 1. The Balaban J connectivity index is 1.79. The lowest BCUT2D eigenvalue weighted by Gasteiger charge is -2.05. The van der Waals surface area contributed by atoms with Crippen molar-refractivity contribution in [1.82, 2.24) is 4.98 Å². The zero-order valence-electron chi connectivity index (χ0n) is 14.5. The molecule has 1 N–H and O–H groups in total. The van der Waals surface area contributed by atoms with Crippen molar-refractivity contribution >= 4 is 22.9 Å². The number of thiazole rings is 1. The van der Waals surface area contributed by atoms with Crippen molar-refractivity contribution < 1.29 is 9.53 Å². The van der Waals surface area contributed by atoms with E-state index in [1.165, 1.54) is 16.9 Å². The molecular weight excluding hydrogens is 332 g/mol. The van der Waals surface area contributed by atoms with Gasteiger partial charge in [0.1, 0.15) is 15.6 Å². The third kappa shape index (κ3) is 3.88. The van der Waals surface area contributed by atoms with Gasteiger partial charge in [0.15, 0.2) is 0 Å². The monoisotopic (exact) mass is 352 g/mol. The van der Waals surface area contributed by atoms with E-state index in [9.17, 15) is 4.79 Å². The van der Waals surface area contributed by atoms with Crippen molar-refractivity contribution in [3.8, 4) is 16.3 Å². The Labute approximate surface area is 151 Å². The van der Waals surface area contributed by atoms with Crippen LogP contribution in [0.3, 0.4) is 0 Å². The summed E-state index contributed by atoms with van der Waals surface area (Å²) in [5, 5.41) is 3.77. The molecule has 3 aromatic rings. The molecule has 0 fully saturated rings. The van der Waals surface area contributed by atoms with E-state index in [2.05, 4.69) is 41.5 Å². The summed E-state index contributed by atoms with van der Waals surface area (Å²) >= 11 is 1.41. The van der Waals surface area contributed by atoms with Crippen LogP contribution in [0.5, 0.6) is 5.75 Å². The van der Waals surface area contributed by atoms with E-state index in [1.54, 1.807) is 7.11 Å². The number of carbonyl (C=O) groups is 1. The van der Waals surface area contributed by atoms with Crippen molar-refractivity contribution in [2.45, 2.75) is 20.3 Å². The van der Waals surface area contributed by atoms with Gasteiger partial charge in [-0.25, -0.2) is 4.98 Å². The molecule has 0 aliphatic rings. The third-order valence-corrected chi connectivity index (χ3v) is 5.17. The molecule has 0 saturated carbocycles. The molecule has 25 heavy (non-hydrogen) atoms. The van der Waals surface area contributed by atoms with Crippen LogP contribution in [-0.2, 0) is 6.42 Å². The fraction of sp³-hybridized carbons (Fsp3) is 0.200. The molecule has 0 radical (unpaired) electrons. The van der Waals surface area contributed by atoms with Crippen LogP contribution in [0.15, 0.2) is 48.5 Å². The van der Waals surface area contributed by atoms with Crippen LogP contribution in [0, 0.1) is 6.92 Å². The Bertz CT molecular complexity index is 868. The molecule has 0 atom stereocenters. The van der Waals surface area contributed by atoms with Crippen LogP contribution in [0.2, 0.25) is 0 Å². The normalized spacial score (nSPS) is 10.5. The van der Waals surface area contributed by atoms with E-state index < -0.39 is 0 Å². The number of carbonyl (C=O) groups excluding carboxylic acids is 1. The Morgan fingerprint density at radius 1 is 1.12 bits per heavy atom. The summed E-state index contributed by atoms with van der Waals surface area (Å²) in [6.07, 6.45) is 1.01. The lowest BCUT2D eigenvalue weighted by atomic mass is 10.1. The summed E-state index contributed by atoms with van der Waals surface area (Å²) in [5.41, 5.74) is 3.79. The van der Waals surface area contributed by atoms with E-state index in [1.807, 2.05) is 31.2 Å². The van der Waals surface area contributed by atoms with Gasteiger partial charge in [-0.3, -0.25) is 4.79 Å². The predicted molar refractivity (Wildman–Crippen MR) is 103 cm³/mol. The number of hydrogen-bond donors (Lipinski definition) is 1. The molecule has 0 spiro atoms. The average molecular weight is 352 g/mol. The van der Waals surface area contributed by atoms with Crippen molar-refractivity contribution in [2.75, 3.05) is 12.4 Å². The van der Waals surface area contributed by atoms with Crippen molar-refractivity contribution in [3.63, 3.8) is 0 Å². The topological polar surface area (TPSA) is 51.2 Å². The highest BCUT2D eigenvalue weighted by Gasteiger charge is 2.16. The molecule has 0 aliphatic carbocycles. The minimum Gasteiger partial charge on any atom is -0.497 e. The molecule has 0 bridgehead atoms. The summed E-state index contributed by atoms with van der Waals surface area (Å²) < 4.78 is 5.13. The third-order valence-electron chi connectivity index (χ3n) is 3.96. The Morgan fingerprint density at radius 2 is 1.80 bits per heavy atom. The molecule has 0 unspecified atom stereocenters. The number of hydrogen-bond acceptors (Lipinski definition) is 4. The zero-order chi connectivity index (χ0) is 17.8. The molecule has 0 saturated heterocycles. The number of nitrogens with zero attached hydrogens (tertiary/aromatic N) is 1. The van der Waals surface area contributed by atoms with Crippen molar-refractivity contribution in [2.24, 2.45) is 0 Å². The van der Waals surface area contributed by atoms with Gasteiger partial charge in [0.25, 0.3) is 5.91 Å². The van der Waals surface area contributed by atoms with Gasteiger partial charge >= 0.3 is 0 Å². The van der Waals surface area contributed by atoms with E-state index >= 15 is 0 Å². The predicted octanol–water partition coefficient (Wildman–Crippen LogP) is 4.94. The fourth-order valence-corrected chi connectivity index (χ4v) is 3.44. The number of nitrogens with one attached hydrogen (secondary N) is 1. The van der Waals surface area contributed by atoms with Crippen LogP contribution >= 0.6 is 11.3 Å². The number of benzene rings is 2. The maximum absolute atomic E-state index is 12.6. The zero-order valence-corrected chi connectivity index (χ0v) is 15.3. The molecule has 5 heteroatoms. The number of rotatable bonds is 5. The highest BCUT2D eigenvalue weighted by Crippen LogP contribution is 2.29. The highest BCUT2D eigenvalue weighted by molar-refractivity contribution is 7.17. The van der Waals surface area contributed by atoms with Gasteiger partial charge in [0, 0.05) is 11.3 Å². The van der Waals surface area contributed by atoms with Crippen LogP contribution in [-0.4, -0.2) is 18.0 Å². The van der Waals surface area contributed by atoms with Gasteiger partial charge in [-0.05, 0) is 43.2 Å². The summed E-state index contributed by atoms with van der Waals surface area (Å²) in [6.45, 7) is 3.99. The molecule has 1 amide bonds. The van der Waals surface area contributed by atoms with Crippen molar-refractivity contribution in [1.29, 1.82) is 0 Å². The number of aryl methyl sites for hydroxylation is 2. The fourth-order valence-electron chi connectivity index (χ4n) is 2.48. The van der Waals surface area contributed by atoms with Crippen molar-refractivity contribution in [3.05, 3.63) is 64.7 Å². The number of amides is 1. The Kier molecular flexibility index (Phi) is 5.14. The molecule has 3 rings (SSSR count). The number of anilines is 1. The highest BCUT2D eigenvalue weighted by atomic mass is 32.1. The minimum atomic E-state index is -0.142. The van der Waals surface area contributed by atoms with Gasteiger partial charge in [-0.15, -0.1) is 11.3 Å². The smallest absolute Gasteiger partial charge is 0.267 e. The van der Waals surface area contributed by atoms with Crippen LogP contribution in [0.25, 0.3) is 10.6 Å². The van der Waals surface area contributed by atoms with Gasteiger partial charge in [-0.1, -0.05) is 31.2 Å². The summed E-state index contributed by atoms with van der Waals surface area (Å²) in [7, 11) is 1.61. The minimum absolute atomic E-state index is 0.142. The Hall–Kier alpha value is -2.66. The first-order valence-corrected chi connectivity index (χ1v) is 8.94. The molecule has 1 aromatic heterocycles. The molecule has 1 heterocycles. The Morgan fingerprint density at radius 3 is 2.40 bits per heavy atom. The van der Waals surface area contributed by atoms with E-state index in [-0.39, 0.29) is 5.91 Å². The first kappa shape index (κ1) is 17.2.